The summed E-state index contributed by atoms with van der Waals surface area (Å²) in [6.07, 6.45) is 3.57. The minimum atomic E-state index is -0.231. The minimum Gasteiger partial charge on any atom is -0.495 e. The summed E-state index contributed by atoms with van der Waals surface area (Å²) < 4.78 is 20.1. The molecule has 1 aliphatic heterocycles. The van der Waals surface area contributed by atoms with E-state index in [2.05, 4.69) is 20.9 Å². The molecule has 1 saturated heterocycles. The van der Waals surface area contributed by atoms with E-state index in [1.54, 1.807) is 7.11 Å². The Morgan fingerprint density at radius 3 is 2.46 bits per heavy atom. The molecule has 0 N–H and O–H groups in total. The van der Waals surface area contributed by atoms with Crippen molar-refractivity contribution in [3.05, 3.63) is 42.1 Å². The third-order valence-electron chi connectivity index (χ3n) is 4.77. The minimum absolute atomic E-state index is 0.231. The Hall–Kier alpha value is -2.37. The van der Waals surface area contributed by atoms with Gasteiger partial charge in [-0.3, -0.25) is 0 Å². The van der Waals surface area contributed by atoms with Crippen LogP contribution in [0.1, 0.15) is 24.5 Å². The fourth-order valence-electron chi connectivity index (χ4n) is 3.29. The van der Waals surface area contributed by atoms with Crippen LogP contribution in [0.3, 0.4) is 0 Å². The molecule has 2 heterocycles. The van der Waals surface area contributed by atoms with E-state index in [1.807, 2.05) is 23.1 Å². The quantitative estimate of drug-likeness (QED) is 0.863. The first kappa shape index (κ1) is 15.2. The van der Waals surface area contributed by atoms with Crippen molar-refractivity contribution in [2.75, 3.05) is 43.1 Å². The smallest absolute Gasteiger partial charge is 0.187 e. The third-order valence-corrected chi connectivity index (χ3v) is 4.77. The fourth-order valence-corrected chi connectivity index (χ4v) is 3.29. The molecule has 0 radical (unpaired) electrons. The Labute approximate surface area is 141 Å². The van der Waals surface area contributed by atoms with Crippen LogP contribution in [0.5, 0.6) is 5.75 Å². The molecular weight excluding hydrogens is 307 g/mol. The maximum Gasteiger partial charge on any atom is 0.187 e. The van der Waals surface area contributed by atoms with E-state index in [0.29, 0.717) is 17.4 Å². The van der Waals surface area contributed by atoms with Crippen molar-refractivity contribution in [3.63, 3.8) is 0 Å². The van der Waals surface area contributed by atoms with Gasteiger partial charge in [-0.15, -0.1) is 0 Å². The molecule has 0 atom stereocenters. The average molecular weight is 328 g/mol. The standard InChI is InChI=1S/C18H21FN4O/c1-24-15-5-3-2-4-14(15)22-8-10-23(11-9-22)18-16(19)17(13-6-7-13)20-12-21-18/h2-5,12-13H,6-11H2,1H3. The van der Waals surface area contributed by atoms with Crippen LogP contribution in [-0.4, -0.2) is 43.3 Å². The molecular formula is C18H21FN4O. The Morgan fingerprint density at radius 2 is 1.75 bits per heavy atom. The summed E-state index contributed by atoms with van der Waals surface area (Å²) in [6.45, 7) is 3.08. The summed E-state index contributed by atoms with van der Waals surface area (Å²) in [5.41, 5.74) is 1.67. The predicted octanol–water partition coefficient (Wildman–Crippen LogP) is 2.83. The van der Waals surface area contributed by atoms with E-state index in [9.17, 15) is 4.39 Å². The average Bonchev–Trinajstić information content (AvgIpc) is 3.47. The largest absolute Gasteiger partial charge is 0.495 e. The van der Waals surface area contributed by atoms with Crippen molar-refractivity contribution < 1.29 is 9.13 Å². The molecule has 2 aromatic rings. The van der Waals surface area contributed by atoms with Crippen LogP contribution in [0.15, 0.2) is 30.6 Å². The molecule has 1 aromatic carbocycles. The number of hydrogen-bond acceptors (Lipinski definition) is 5. The van der Waals surface area contributed by atoms with E-state index in [1.165, 1.54) is 6.33 Å². The summed E-state index contributed by atoms with van der Waals surface area (Å²) in [7, 11) is 1.69. The van der Waals surface area contributed by atoms with Gasteiger partial charge in [0.1, 0.15) is 12.1 Å². The molecule has 6 heteroatoms. The second-order valence-electron chi connectivity index (χ2n) is 6.32. The molecule has 2 aliphatic rings. The van der Waals surface area contributed by atoms with Gasteiger partial charge in [-0.2, -0.15) is 0 Å². The number of hydrogen-bond donors (Lipinski definition) is 0. The van der Waals surface area contributed by atoms with E-state index in [4.69, 9.17) is 4.74 Å². The normalized spacial score (nSPS) is 17.9. The van der Waals surface area contributed by atoms with Gasteiger partial charge in [0.05, 0.1) is 18.5 Å². The molecule has 2 fully saturated rings. The molecule has 5 nitrogen and oxygen atoms in total. The number of ether oxygens (including phenoxy) is 1. The third kappa shape index (κ3) is 2.77. The summed E-state index contributed by atoms with van der Waals surface area (Å²) in [5.74, 6) is 1.38. The van der Waals surface area contributed by atoms with Gasteiger partial charge in [0, 0.05) is 32.1 Å². The lowest BCUT2D eigenvalue weighted by Gasteiger charge is -2.37. The highest BCUT2D eigenvalue weighted by Gasteiger charge is 2.31. The number of halogens is 1. The molecule has 1 aliphatic carbocycles. The van der Waals surface area contributed by atoms with Gasteiger partial charge in [0.2, 0.25) is 0 Å². The van der Waals surface area contributed by atoms with Crippen LogP contribution in [0.4, 0.5) is 15.9 Å². The zero-order chi connectivity index (χ0) is 16.5. The fraction of sp³-hybridized carbons (Fsp3) is 0.444. The van der Waals surface area contributed by atoms with E-state index in [0.717, 1.165) is 50.5 Å². The highest BCUT2D eigenvalue weighted by Crippen LogP contribution is 2.41. The lowest BCUT2D eigenvalue weighted by atomic mass is 10.2. The Balaban J connectivity index is 1.49. The number of para-hydroxylation sites is 2. The van der Waals surface area contributed by atoms with E-state index < -0.39 is 0 Å². The van der Waals surface area contributed by atoms with Crippen LogP contribution in [0, 0.1) is 5.82 Å². The molecule has 0 spiro atoms. The van der Waals surface area contributed by atoms with Crippen LogP contribution >= 0.6 is 0 Å². The molecule has 24 heavy (non-hydrogen) atoms. The molecule has 1 saturated carbocycles. The first-order valence-electron chi connectivity index (χ1n) is 8.41. The van der Waals surface area contributed by atoms with Crippen molar-refractivity contribution >= 4 is 11.5 Å². The summed E-state index contributed by atoms with van der Waals surface area (Å²) in [5, 5.41) is 0. The first-order chi connectivity index (χ1) is 11.8. The van der Waals surface area contributed by atoms with Crippen molar-refractivity contribution in [1.29, 1.82) is 0 Å². The van der Waals surface area contributed by atoms with Gasteiger partial charge >= 0.3 is 0 Å². The first-order valence-corrected chi connectivity index (χ1v) is 8.41. The highest BCUT2D eigenvalue weighted by molar-refractivity contribution is 5.59. The monoisotopic (exact) mass is 328 g/mol. The maximum absolute atomic E-state index is 14.7. The van der Waals surface area contributed by atoms with E-state index in [-0.39, 0.29) is 5.82 Å². The predicted molar refractivity (Wildman–Crippen MR) is 91.4 cm³/mol. The lowest BCUT2D eigenvalue weighted by Crippen LogP contribution is -2.47. The number of anilines is 2. The zero-order valence-corrected chi connectivity index (χ0v) is 13.8. The van der Waals surface area contributed by atoms with Crippen molar-refractivity contribution in [1.82, 2.24) is 9.97 Å². The number of benzene rings is 1. The van der Waals surface area contributed by atoms with Gasteiger partial charge in [0.15, 0.2) is 11.6 Å². The van der Waals surface area contributed by atoms with Gasteiger partial charge in [-0.05, 0) is 25.0 Å². The Kier molecular flexibility index (Phi) is 3.96. The van der Waals surface area contributed by atoms with E-state index >= 15 is 0 Å². The summed E-state index contributed by atoms with van der Waals surface area (Å²) in [6, 6.07) is 8.00. The lowest BCUT2D eigenvalue weighted by molar-refractivity contribution is 0.413. The molecule has 0 unspecified atom stereocenters. The number of aromatic nitrogens is 2. The van der Waals surface area contributed by atoms with Crippen LogP contribution in [-0.2, 0) is 0 Å². The van der Waals surface area contributed by atoms with Gasteiger partial charge < -0.3 is 14.5 Å². The van der Waals surface area contributed by atoms with Crippen molar-refractivity contribution in [3.8, 4) is 5.75 Å². The number of nitrogens with zero attached hydrogens (tertiary/aromatic N) is 4. The SMILES string of the molecule is COc1ccccc1N1CCN(c2ncnc(C3CC3)c2F)CC1. The Bertz CT molecular complexity index is 727. The second kappa shape index (κ2) is 6.26. The molecule has 126 valence electrons. The van der Waals surface area contributed by atoms with Crippen molar-refractivity contribution in [2.24, 2.45) is 0 Å². The number of methoxy groups -OCH3 is 1. The maximum atomic E-state index is 14.7. The topological polar surface area (TPSA) is 41.5 Å². The van der Waals surface area contributed by atoms with Crippen molar-refractivity contribution in [2.45, 2.75) is 18.8 Å². The molecule has 0 bridgehead atoms. The van der Waals surface area contributed by atoms with Crippen LogP contribution in [0.2, 0.25) is 0 Å². The summed E-state index contributed by atoms with van der Waals surface area (Å²) >= 11 is 0. The second-order valence-corrected chi connectivity index (χ2v) is 6.32. The Morgan fingerprint density at radius 1 is 1.04 bits per heavy atom. The molecule has 0 amide bonds. The zero-order valence-electron chi connectivity index (χ0n) is 13.8. The van der Waals surface area contributed by atoms with Gasteiger partial charge in [-0.25, -0.2) is 14.4 Å². The highest BCUT2D eigenvalue weighted by atomic mass is 19.1. The van der Waals surface area contributed by atoms with Crippen LogP contribution < -0.4 is 14.5 Å². The number of rotatable bonds is 4. The number of piperazine rings is 1. The molecule has 4 rings (SSSR count). The molecule has 1 aromatic heterocycles. The van der Waals surface area contributed by atoms with Gasteiger partial charge in [0.25, 0.3) is 0 Å². The summed E-state index contributed by atoms with van der Waals surface area (Å²) in [4.78, 5) is 12.6. The van der Waals surface area contributed by atoms with Gasteiger partial charge in [-0.1, -0.05) is 12.1 Å². The van der Waals surface area contributed by atoms with Crippen LogP contribution in [0.25, 0.3) is 0 Å².